The highest BCUT2D eigenvalue weighted by Crippen LogP contribution is 2.20. The maximum absolute atomic E-state index is 11.9. The molecule has 2 aromatic rings. The third kappa shape index (κ3) is 6.55. The van der Waals surface area contributed by atoms with Crippen LogP contribution in [0, 0.1) is 0 Å². The molecule has 0 spiro atoms. The Balaban J connectivity index is 1.79. The second-order valence-corrected chi connectivity index (χ2v) is 8.95. The first-order valence-corrected chi connectivity index (χ1v) is 10.6. The van der Waals surface area contributed by atoms with E-state index in [1.54, 1.807) is 36.0 Å². The number of carbonyl (C=O) groups is 1. The molecule has 2 rings (SSSR count). The summed E-state index contributed by atoms with van der Waals surface area (Å²) < 4.78 is 27.7. The predicted octanol–water partition coefficient (Wildman–Crippen LogP) is 3.83. The number of carbonyl (C=O) groups excluding carboxylic acids is 1. The molecule has 0 radical (unpaired) electrons. The molecule has 0 aliphatic rings. The number of rotatable bonds is 7. The number of ether oxygens (including phenoxy) is 1. The van der Waals surface area contributed by atoms with Crippen molar-refractivity contribution in [1.29, 1.82) is 0 Å². The van der Waals surface area contributed by atoms with Crippen LogP contribution in [0.3, 0.4) is 0 Å². The van der Waals surface area contributed by atoms with Gasteiger partial charge in [-0.2, -0.15) is 0 Å². The lowest BCUT2D eigenvalue weighted by Gasteiger charge is -2.06. The van der Waals surface area contributed by atoms with Crippen molar-refractivity contribution in [3.8, 4) is 0 Å². The summed E-state index contributed by atoms with van der Waals surface area (Å²) in [6.07, 6.45) is 1.17. The fourth-order valence-corrected chi connectivity index (χ4v) is 3.60. The first-order valence-electron chi connectivity index (χ1n) is 7.16. The lowest BCUT2D eigenvalue weighted by Crippen LogP contribution is -2.08. The largest absolute Gasteiger partial charge is 0.461 e. The summed E-state index contributed by atoms with van der Waals surface area (Å²) in [4.78, 5) is 13.0. The molecule has 0 unspecified atom stereocenters. The van der Waals surface area contributed by atoms with Gasteiger partial charge in [0.1, 0.15) is 6.61 Å². The molecular weight excluding hydrogens is 368 g/mol. The summed E-state index contributed by atoms with van der Waals surface area (Å²) in [5.41, 5.74) is 1.05. The third-order valence-corrected chi connectivity index (χ3v) is 5.10. The van der Waals surface area contributed by atoms with E-state index in [0.29, 0.717) is 21.9 Å². The average Bonchev–Trinajstić information content (AvgIpc) is 2.52. The highest BCUT2D eigenvalue weighted by Gasteiger charge is 2.09. The highest BCUT2D eigenvalue weighted by molar-refractivity contribution is 7.99. The Kier molecular flexibility index (Phi) is 6.71. The fraction of sp³-hybridized carbons (Fsp3) is 0.235. The molecule has 0 N–H and O–H groups in total. The van der Waals surface area contributed by atoms with Gasteiger partial charge >= 0.3 is 5.97 Å². The van der Waals surface area contributed by atoms with Crippen molar-refractivity contribution < 1.29 is 17.9 Å². The fourth-order valence-electron chi connectivity index (χ4n) is 1.95. The van der Waals surface area contributed by atoms with Gasteiger partial charge in [0.15, 0.2) is 9.84 Å². The zero-order valence-electron chi connectivity index (χ0n) is 13.1. The van der Waals surface area contributed by atoms with Crippen molar-refractivity contribution in [2.24, 2.45) is 0 Å². The van der Waals surface area contributed by atoms with Crippen LogP contribution in [-0.4, -0.2) is 33.0 Å². The summed E-state index contributed by atoms with van der Waals surface area (Å²) in [6.45, 7) is 0.289. The van der Waals surface area contributed by atoms with Crippen LogP contribution in [0.2, 0.25) is 5.02 Å². The molecule has 24 heavy (non-hydrogen) atoms. The lowest BCUT2D eigenvalue weighted by atomic mass is 10.1. The zero-order valence-corrected chi connectivity index (χ0v) is 15.5. The van der Waals surface area contributed by atoms with E-state index in [1.165, 1.54) is 6.26 Å². The summed E-state index contributed by atoms with van der Waals surface area (Å²) in [7, 11) is -3.08. The van der Waals surface area contributed by atoms with Gasteiger partial charge in [0.05, 0.1) is 11.3 Å². The molecule has 2 aromatic carbocycles. The summed E-state index contributed by atoms with van der Waals surface area (Å²) in [5, 5.41) is 0.685. The summed E-state index contributed by atoms with van der Waals surface area (Å²) in [6, 6.07) is 13.9. The van der Waals surface area contributed by atoms with Crippen molar-refractivity contribution >= 4 is 39.2 Å². The van der Waals surface area contributed by atoms with Crippen LogP contribution in [0.5, 0.6) is 0 Å². The second kappa shape index (κ2) is 8.55. The first kappa shape index (κ1) is 18.8. The first-order chi connectivity index (χ1) is 11.3. The standard InChI is InChI=1S/C17H17ClO4S2/c1-24(20,21)12-13-2-4-14(5-3-13)17(19)22-10-11-23-16-8-6-15(18)7-9-16/h2-9H,10-12H2,1H3. The molecule has 0 saturated carbocycles. The van der Waals surface area contributed by atoms with E-state index in [2.05, 4.69) is 0 Å². The number of thioether (sulfide) groups is 1. The SMILES string of the molecule is CS(=O)(=O)Cc1ccc(C(=O)OCCSc2ccc(Cl)cc2)cc1. The summed E-state index contributed by atoms with van der Waals surface area (Å²) >= 11 is 7.39. The Bertz CT molecular complexity index is 784. The Morgan fingerprint density at radius 2 is 1.71 bits per heavy atom. The van der Waals surface area contributed by atoms with Gasteiger partial charge in [-0.1, -0.05) is 23.7 Å². The van der Waals surface area contributed by atoms with Crippen molar-refractivity contribution in [2.75, 3.05) is 18.6 Å². The van der Waals surface area contributed by atoms with E-state index in [0.717, 1.165) is 4.90 Å². The average molecular weight is 385 g/mol. The van der Waals surface area contributed by atoms with E-state index in [1.807, 2.05) is 24.3 Å². The molecule has 7 heteroatoms. The maximum Gasteiger partial charge on any atom is 0.338 e. The van der Waals surface area contributed by atoms with Gasteiger partial charge in [0.2, 0.25) is 0 Å². The lowest BCUT2D eigenvalue weighted by molar-refractivity contribution is 0.0530. The van der Waals surface area contributed by atoms with Crippen molar-refractivity contribution in [1.82, 2.24) is 0 Å². The minimum Gasteiger partial charge on any atom is -0.461 e. The van der Waals surface area contributed by atoms with Crippen molar-refractivity contribution in [2.45, 2.75) is 10.6 Å². The van der Waals surface area contributed by atoms with Gasteiger partial charge in [-0.3, -0.25) is 0 Å². The number of sulfone groups is 1. The topological polar surface area (TPSA) is 60.4 Å². The molecule has 0 bridgehead atoms. The Morgan fingerprint density at radius 1 is 1.08 bits per heavy atom. The minimum atomic E-state index is -3.08. The molecule has 0 aliphatic heterocycles. The van der Waals surface area contributed by atoms with Crippen LogP contribution in [0.4, 0.5) is 0 Å². The van der Waals surface area contributed by atoms with Crippen LogP contribution in [-0.2, 0) is 20.3 Å². The van der Waals surface area contributed by atoms with Gasteiger partial charge in [0.25, 0.3) is 0 Å². The van der Waals surface area contributed by atoms with E-state index in [9.17, 15) is 13.2 Å². The maximum atomic E-state index is 11.9. The molecule has 0 heterocycles. The molecule has 0 aromatic heterocycles. The van der Waals surface area contributed by atoms with Crippen molar-refractivity contribution in [3.63, 3.8) is 0 Å². The normalized spacial score (nSPS) is 11.2. The van der Waals surface area contributed by atoms with Gasteiger partial charge in [-0.05, 0) is 42.0 Å². The number of hydrogen-bond acceptors (Lipinski definition) is 5. The Labute approximate surface area is 151 Å². The molecule has 0 fully saturated rings. The van der Waals surface area contributed by atoms with Crippen LogP contribution < -0.4 is 0 Å². The van der Waals surface area contributed by atoms with Gasteiger partial charge < -0.3 is 4.74 Å². The Hall–Kier alpha value is -1.50. The zero-order chi connectivity index (χ0) is 17.6. The molecule has 4 nitrogen and oxygen atoms in total. The number of hydrogen-bond donors (Lipinski definition) is 0. The molecule has 0 aliphatic carbocycles. The molecular formula is C17H17ClO4S2. The van der Waals surface area contributed by atoms with Gasteiger partial charge in [-0.25, -0.2) is 13.2 Å². The number of esters is 1. The second-order valence-electron chi connectivity index (χ2n) is 5.21. The minimum absolute atomic E-state index is 0.0416. The Morgan fingerprint density at radius 3 is 2.29 bits per heavy atom. The monoisotopic (exact) mass is 384 g/mol. The van der Waals surface area contributed by atoms with E-state index in [-0.39, 0.29) is 12.4 Å². The highest BCUT2D eigenvalue weighted by atomic mass is 35.5. The van der Waals surface area contributed by atoms with Crippen LogP contribution in [0.25, 0.3) is 0 Å². The quantitative estimate of drug-likeness (QED) is 0.412. The van der Waals surface area contributed by atoms with E-state index < -0.39 is 15.8 Å². The molecule has 0 atom stereocenters. The molecule has 128 valence electrons. The van der Waals surface area contributed by atoms with E-state index in [4.69, 9.17) is 16.3 Å². The van der Waals surface area contributed by atoms with Crippen LogP contribution in [0.15, 0.2) is 53.4 Å². The summed E-state index contributed by atoms with van der Waals surface area (Å²) in [5.74, 6) is 0.178. The number of benzene rings is 2. The van der Waals surface area contributed by atoms with Crippen molar-refractivity contribution in [3.05, 3.63) is 64.7 Å². The third-order valence-electron chi connectivity index (χ3n) is 3.02. The van der Waals surface area contributed by atoms with Crippen LogP contribution in [0.1, 0.15) is 15.9 Å². The number of halogens is 1. The van der Waals surface area contributed by atoms with Gasteiger partial charge in [-0.15, -0.1) is 11.8 Å². The smallest absolute Gasteiger partial charge is 0.338 e. The molecule has 0 amide bonds. The van der Waals surface area contributed by atoms with E-state index >= 15 is 0 Å². The van der Waals surface area contributed by atoms with Crippen LogP contribution >= 0.6 is 23.4 Å². The molecule has 0 saturated heterocycles. The predicted molar refractivity (Wildman–Crippen MR) is 97.4 cm³/mol. The van der Waals surface area contributed by atoms with Gasteiger partial charge in [0, 0.05) is 21.9 Å².